The summed E-state index contributed by atoms with van der Waals surface area (Å²) in [6.45, 7) is -4.29. The molecule has 1 unspecified atom stereocenters. The number of hydrogen-bond donors (Lipinski definition) is 3. The maximum Gasteiger partial charge on any atom is 0.477 e. The van der Waals surface area contributed by atoms with Crippen molar-refractivity contribution in [2.45, 2.75) is 6.42 Å². The first-order valence-electron chi connectivity index (χ1n) is 2.94. The van der Waals surface area contributed by atoms with Crippen molar-refractivity contribution in [2.75, 3.05) is 5.75 Å². The van der Waals surface area contributed by atoms with E-state index in [0.717, 1.165) is 0 Å². The van der Waals surface area contributed by atoms with Crippen LogP contribution in [-0.2, 0) is 13.4 Å². The molecule has 0 bridgehead atoms. The lowest BCUT2D eigenvalue weighted by Gasteiger charge is -2.10. The van der Waals surface area contributed by atoms with E-state index in [-0.39, 0.29) is 12.2 Å². The Morgan fingerprint density at radius 3 is 2.31 bits per heavy atom. The second-order valence-electron chi connectivity index (χ2n) is 1.83. The van der Waals surface area contributed by atoms with Crippen LogP contribution in [0.3, 0.4) is 0 Å². The molecule has 0 heterocycles. The van der Waals surface area contributed by atoms with Gasteiger partial charge in [0.1, 0.15) is 0 Å². The first-order chi connectivity index (χ1) is 5.77. The fourth-order valence-electron chi connectivity index (χ4n) is 0.378. The highest BCUT2D eigenvalue weighted by Crippen LogP contribution is 2.64. The van der Waals surface area contributed by atoms with Crippen molar-refractivity contribution < 1.29 is 28.1 Å². The van der Waals surface area contributed by atoms with Crippen LogP contribution in [0.2, 0.25) is 0 Å². The standard InChI is InChI=1S/C4H8O6P2S/c1-2-3-4-13-12(8,9)10-11(5,6)7/h1H,3-4H2,(H,8,9)(H2,5,6,7). The molecule has 0 aliphatic carbocycles. The molecule has 0 fully saturated rings. The van der Waals surface area contributed by atoms with Crippen molar-refractivity contribution in [3.8, 4) is 12.3 Å². The van der Waals surface area contributed by atoms with Crippen LogP contribution in [0.1, 0.15) is 6.42 Å². The Morgan fingerprint density at radius 2 is 1.92 bits per heavy atom. The maximum atomic E-state index is 10.8. The van der Waals surface area contributed by atoms with Gasteiger partial charge in [0, 0.05) is 12.2 Å². The first-order valence-corrected chi connectivity index (χ1v) is 7.64. The molecule has 0 aromatic rings. The smallest absolute Gasteiger partial charge is 0.316 e. The van der Waals surface area contributed by atoms with Gasteiger partial charge in [-0.25, -0.2) is 9.13 Å². The molecule has 0 aromatic heterocycles. The molecule has 0 aromatic carbocycles. The zero-order chi connectivity index (χ0) is 10.5. The topological polar surface area (TPSA) is 104 Å². The lowest BCUT2D eigenvalue weighted by Crippen LogP contribution is -1.85. The third-order valence-corrected chi connectivity index (χ3v) is 5.23. The van der Waals surface area contributed by atoms with Crippen LogP contribution < -0.4 is 0 Å². The minimum absolute atomic E-state index is 0.101. The highest BCUT2D eigenvalue weighted by Gasteiger charge is 2.30. The Morgan fingerprint density at radius 1 is 1.38 bits per heavy atom. The van der Waals surface area contributed by atoms with E-state index in [1.165, 1.54) is 0 Å². The first kappa shape index (κ1) is 13.2. The summed E-state index contributed by atoms with van der Waals surface area (Å²) in [5, 5.41) is 0. The van der Waals surface area contributed by atoms with Crippen LogP contribution >= 0.6 is 26.0 Å². The molecular formula is C4H8O6P2S. The lowest BCUT2D eigenvalue weighted by molar-refractivity contribution is 0.270. The fraction of sp³-hybridized carbons (Fsp3) is 0.500. The third kappa shape index (κ3) is 8.54. The molecule has 0 aliphatic heterocycles. The molecule has 0 saturated carbocycles. The van der Waals surface area contributed by atoms with Crippen molar-refractivity contribution in [2.24, 2.45) is 0 Å². The van der Waals surface area contributed by atoms with Crippen LogP contribution in [-0.4, -0.2) is 20.4 Å². The predicted octanol–water partition coefficient (Wildman–Crippen LogP) is 0.953. The van der Waals surface area contributed by atoms with Gasteiger partial charge in [0.05, 0.1) is 0 Å². The van der Waals surface area contributed by atoms with Gasteiger partial charge in [-0.15, -0.1) is 12.3 Å². The van der Waals surface area contributed by atoms with Gasteiger partial charge < -0.3 is 14.7 Å². The van der Waals surface area contributed by atoms with Crippen molar-refractivity contribution in [1.82, 2.24) is 0 Å². The lowest BCUT2D eigenvalue weighted by atomic mass is 10.5. The molecule has 0 rings (SSSR count). The summed E-state index contributed by atoms with van der Waals surface area (Å²) in [6, 6.07) is 0. The average molecular weight is 246 g/mol. The number of hydrogen-bond acceptors (Lipinski definition) is 4. The van der Waals surface area contributed by atoms with E-state index in [9.17, 15) is 9.13 Å². The van der Waals surface area contributed by atoms with Gasteiger partial charge in [-0.3, -0.25) is 0 Å². The van der Waals surface area contributed by atoms with Gasteiger partial charge in [-0.1, -0.05) is 0 Å². The molecule has 1 atom stereocenters. The minimum Gasteiger partial charge on any atom is -0.316 e. The molecule has 6 nitrogen and oxygen atoms in total. The van der Waals surface area contributed by atoms with Crippen molar-refractivity contribution in [3.05, 3.63) is 0 Å². The van der Waals surface area contributed by atoms with E-state index >= 15 is 0 Å². The summed E-state index contributed by atoms with van der Waals surface area (Å²) in [7, 11) is -4.92. The van der Waals surface area contributed by atoms with Gasteiger partial charge in [0.25, 0.3) is 0 Å². The second-order valence-corrected chi connectivity index (χ2v) is 7.22. The fourth-order valence-corrected chi connectivity index (χ4v) is 4.25. The van der Waals surface area contributed by atoms with E-state index in [1.807, 2.05) is 0 Å². The summed E-state index contributed by atoms with van der Waals surface area (Å²) in [4.78, 5) is 25.2. The van der Waals surface area contributed by atoms with Gasteiger partial charge in [-0.05, 0) is 11.4 Å². The molecular weight excluding hydrogens is 238 g/mol. The molecule has 0 saturated heterocycles. The Hall–Kier alpha value is 0.210. The Kier molecular flexibility index (Phi) is 5.26. The SMILES string of the molecule is C#CCCSP(=O)(O)OP(=O)(O)O. The van der Waals surface area contributed by atoms with Gasteiger partial charge >= 0.3 is 14.6 Å². The van der Waals surface area contributed by atoms with Gasteiger partial charge in [0.15, 0.2) is 0 Å². The summed E-state index contributed by atoms with van der Waals surface area (Å²) < 4.78 is 24.6. The maximum absolute atomic E-state index is 10.8. The largest absolute Gasteiger partial charge is 0.477 e. The highest BCUT2D eigenvalue weighted by molar-refractivity contribution is 8.55. The molecule has 13 heavy (non-hydrogen) atoms. The molecule has 9 heteroatoms. The quantitative estimate of drug-likeness (QED) is 0.377. The molecule has 0 amide bonds. The second kappa shape index (κ2) is 5.18. The molecule has 0 aliphatic rings. The summed E-state index contributed by atoms with van der Waals surface area (Å²) in [5.74, 6) is 2.30. The predicted molar refractivity (Wildman–Crippen MR) is 48.9 cm³/mol. The van der Waals surface area contributed by atoms with E-state index in [2.05, 4.69) is 10.2 Å². The average Bonchev–Trinajstić information content (AvgIpc) is 1.81. The van der Waals surface area contributed by atoms with E-state index in [1.54, 1.807) is 0 Å². The zero-order valence-corrected chi connectivity index (χ0v) is 8.97. The van der Waals surface area contributed by atoms with Crippen LogP contribution in [0.25, 0.3) is 0 Å². The number of phosphoric acid groups is 1. The molecule has 0 radical (unpaired) electrons. The number of rotatable bonds is 5. The van der Waals surface area contributed by atoms with Gasteiger partial charge in [-0.2, -0.15) is 4.31 Å². The minimum atomic E-state index is -4.92. The summed E-state index contributed by atoms with van der Waals surface area (Å²) in [6.07, 6.45) is 5.08. The molecule has 3 N–H and O–H groups in total. The van der Waals surface area contributed by atoms with Crippen LogP contribution in [0.15, 0.2) is 0 Å². The normalized spacial score (nSPS) is 16.2. The molecule has 0 spiro atoms. The van der Waals surface area contributed by atoms with Crippen molar-refractivity contribution >= 4 is 26.0 Å². The molecule has 76 valence electrons. The Labute approximate surface area is 79.2 Å². The Balaban J connectivity index is 4.04. The Bertz CT molecular complexity index is 289. The van der Waals surface area contributed by atoms with Crippen LogP contribution in [0.5, 0.6) is 0 Å². The van der Waals surface area contributed by atoms with E-state index < -0.39 is 14.6 Å². The van der Waals surface area contributed by atoms with E-state index in [0.29, 0.717) is 11.4 Å². The van der Waals surface area contributed by atoms with Crippen LogP contribution in [0.4, 0.5) is 0 Å². The van der Waals surface area contributed by atoms with Crippen molar-refractivity contribution in [1.29, 1.82) is 0 Å². The van der Waals surface area contributed by atoms with Crippen molar-refractivity contribution in [3.63, 3.8) is 0 Å². The van der Waals surface area contributed by atoms with Gasteiger partial charge in [0.2, 0.25) is 0 Å². The van der Waals surface area contributed by atoms with E-state index in [4.69, 9.17) is 21.1 Å². The monoisotopic (exact) mass is 246 g/mol. The summed E-state index contributed by atoms with van der Waals surface area (Å²) in [5.41, 5.74) is 0. The summed E-state index contributed by atoms with van der Waals surface area (Å²) >= 11 is 0.384. The van der Waals surface area contributed by atoms with Crippen LogP contribution in [0, 0.1) is 12.3 Å². The zero-order valence-electron chi connectivity index (χ0n) is 6.36. The number of terminal acetylenes is 1. The third-order valence-electron chi connectivity index (χ3n) is 0.710. The highest BCUT2D eigenvalue weighted by atomic mass is 32.7.